The maximum absolute atomic E-state index is 12.9. The second-order valence-electron chi connectivity index (χ2n) is 6.85. The molecule has 5 nitrogen and oxygen atoms in total. The monoisotopic (exact) mass is 414 g/mol. The van der Waals surface area contributed by atoms with Gasteiger partial charge in [-0.3, -0.25) is 4.79 Å². The average Bonchev–Trinajstić information content (AvgIpc) is 2.71. The maximum Gasteiger partial charge on any atom is 0.240 e. The quantitative estimate of drug-likeness (QED) is 0.549. The van der Waals surface area contributed by atoms with E-state index in [1.807, 2.05) is 43.3 Å². The lowest BCUT2D eigenvalue weighted by atomic mass is 10.0. The van der Waals surface area contributed by atoms with Gasteiger partial charge in [-0.1, -0.05) is 36.4 Å². The minimum atomic E-state index is -3.71. The predicted molar refractivity (Wildman–Crippen MR) is 111 cm³/mol. The summed E-state index contributed by atoms with van der Waals surface area (Å²) in [7, 11) is -3.71. The fourth-order valence-corrected chi connectivity index (χ4v) is 4.10. The first-order chi connectivity index (χ1) is 13.8. The van der Waals surface area contributed by atoms with E-state index in [9.17, 15) is 17.6 Å². The van der Waals surface area contributed by atoms with Crippen LogP contribution in [0.5, 0.6) is 0 Å². The number of hydrogen-bond acceptors (Lipinski definition) is 3. The first kappa shape index (κ1) is 21.0. The molecule has 0 saturated heterocycles. The molecule has 0 bridgehead atoms. The van der Waals surface area contributed by atoms with Gasteiger partial charge in [0, 0.05) is 13.0 Å². The highest BCUT2D eigenvalue weighted by Crippen LogP contribution is 2.20. The van der Waals surface area contributed by atoms with E-state index < -0.39 is 15.8 Å². The summed E-state index contributed by atoms with van der Waals surface area (Å²) in [6.45, 7) is 2.04. The molecule has 1 unspecified atom stereocenters. The molecule has 3 rings (SSSR count). The van der Waals surface area contributed by atoms with Crippen LogP contribution >= 0.6 is 0 Å². The van der Waals surface area contributed by atoms with Gasteiger partial charge in [-0.15, -0.1) is 0 Å². The summed E-state index contributed by atoms with van der Waals surface area (Å²) in [5.41, 5.74) is 1.01. The van der Waals surface area contributed by atoms with Crippen LogP contribution in [0.15, 0.2) is 71.6 Å². The van der Waals surface area contributed by atoms with E-state index in [0.717, 1.165) is 28.5 Å². The number of sulfonamides is 1. The molecule has 1 amide bonds. The highest BCUT2D eigenvalue weighted by atomic mass is 32.2. The summed E-state index contributed by atoms with van der Waals surface area (Å²) in [5, 5.41) is 5.19. The van der Waals surface area contributed by atoms with Gasteiger partial charge in [0.1, 0.15) is 5.82 Å². The average molecular weight is 415 g/mol. The van der Waals surface area contributed by atoms with Gasteiger partial charge in [-0.05, 0) is 60.0 Å². The molecule has 3 aromatic rings. The Morgan fingerprint density at radius 3 is 2.41 bits per heavy atom. The number of halogens is 1. The summed E-state index contributed by atoms with van der Waals surface area (Å²) in [5.74, 6) is -0.646. The van der Waals surface area contributed by atoms with E-state index in [2.05, 4.69) is 16.1 Å². The molecule has 152 valence electrons. The van der Waals surface area contributed by atoms with E-state index in [1.54, 1.807) is 0 Å². The molecule has 0 spiro atoms. The van der Waals surface area contributed by atoms with Crippen molar-refractivity contribution in [3.63, 3.8) is 0 Å². The molecule has 0 heterocycles. The van der Waals surface area contributed by atoms with Gasteiger partial charge in [0.15, 0.2) is 0 Å². The second-order valence-corrected chi connectivity index (χ2v) is 8.62. The van der Waals surface area contributed by atoms with Crippen molar-refractivity contribution in [2.75, 3.05) is 6.54 Å². The third-order valence-corrected chi connectivity index (χ3v) is 6.12. The Morgan fingerprint density at radius 2 is 1.69 bits per heavy atom. The fraction of sp³-hybridized carbons (Fsp3) is 0.227. The van der Waals surface area contributed by atoms with Crippen molar-refractivity contribution in [1.29, 1.82) is 0 Å². The number of fused-ring (bicyclic) bond motifs is 1. The van der Waals surface area contributed by atoms with Gasteiger partial charge in [0.25, 0.3) is 0 Å². The van der Waals surface area contributed by atoms with Crippen molar-refractivity contribution < 1.29 is 17.6 Å². The van der Waals surface area contributed by atoms with Crippen LogP contribution in [0.25, 0.3) is 10.8 Å². The van der Waals surface area contributed by atoms with Gasteiger partial charge in [0.05, 0.1) is 10.9 Å². The van der Waals surface area contributed by atoms with E-state index in [1.165, 1.54) is 12.1 Å². The van der Waals surface area contributed by atoms with Crippen LogP contribution < -0.4 is 10.0 Å². The van der Waals surface area contributed by atoms with Crippen LogP contribution in [0.2, 0.25) is 0 Å². The lowest BCUT2D eigenvalue weighted by Gasteiger charge is -2.15. The third kappa shape index (κ3) is 5.62. The lowest BCUT2D eigenvalue weighted by Crippen LogP contribution is -2.29. The number of nitrogens with one attached hydrogen (secondary N) is 2. The molecular formula is C22H23FN2O3S. The summed E-state index contributed by atoms with van der Waals surface area (Å²) in [4.78, 5) is 12.2. The van der Waals surface area contributed by atoms with Crippen molar-refractivity contribution in [3.05, 3.63) is 78.1 Å². The Labute approximate surface area is 170 Å². The molecule has 7 heteroatoms. The second kappa shape index (κ2) is 9.15. The van der Waals surface area contributed by atoms with Crippen molar-refractivity contribution in [1.82, 2.24) is 10.0 Å². The SMILES string of the molecule is CC(NC(=O)CCCNS(=O)(=O)c1ccc(F)cc1)c1ccc2ccccc2c1. The van der Waals surface area contributed by atoms with Crippen LogP contribution in [-0.2, 0) is 14.8 Å². The number of carbonyl (C=O) groups is 1. The largest absolute Gasteiger partial charge is 0.350 e. The molecule has 0 saturated carbocycles. The molecule has 1 atom stereocenters. The summed E-state index contributed by atoms with van der Waals surface area (Å²) < 4.78 is 39.6. The summed E-state index contributed by atoms with van der Waals surface area (Å²) in [6.07, 6.45) is 0.556. The first-order valence-corrected chi connectivity index (χ1v) is 10.9. The topological polar surface area (TPSA) is 75.3 Å². The molecule has 0 aliphatic rings. The van der Waals surface area contributed by atoms with E-state index >= 15 is 0 Å². The summed E-state index contributed by atoms with van der Waals surface area (Å²) in [6, 6.07) is 18.5. The maximum atomic E-state index is 12.9. The van der Waals surface area contributed by atoms with Crippen LogP contribution in [0, 0.1) is 5.82 Å². The standard InChI is InChI=1S/C22H23FN2O3S/c1-16(18-9-8-17-5-2-3-6-19(17)15-18)25-22(26)7-4-14-24-29(27,28)21-12-10-20(23)11-13-21/h2-3,5-6,8-13,15-16,24H,4,7,14H2,1H3,(H,25,26). The zero-order valence-corrected chi connectivity index (χ0v) is 16.9. The minimum Gasteiger partial charge on any atom is -0.350 e. The summed E-state index contributed by atoms with van der Waals surface area (Å²) >= 11 is 0. The fourth-order valence-electron chi connectivity index (χ4n) is 3.03. The smallest absolute Gasteiger partial charge is 0.240 e. The number of hydrogen-bond donors (Lipinski definition) is 2. The molecule has 29 heavy (non-hydrogen) atoms. The van der Waals surface area contributed by atoms with Crippen molar-refractivity contribution in [2.45, 2.75) is 30.7 Å². The van der Waals surface area contributed by atoms with Crippen LogP contribution in [0.4, 0.5) is 4.39 Å². The highest BCUT2D eigenvalue weighted by Gasteiger charge is 2.14. The Kier molecular flexibility index (Phi) is 6.61. The van der Waals surface area contributed by atoms with Crippen molar-refractivity contribution in [3.8, 4) is 0 Å². The van der Waals surface area contributed by atoms with Crippen molar-refractivity contribution >= 4 is 26.7 Å². The number of carbonyl (C=O) groups excluding carboxylic acids is 1. The lowest BCUT2D eigenvalue weighted by molar-refractivity contribution is -0.121. The molecule has 0 fully saturated rings. The number of benzene rings is 3. The Morgan fingerprint density at radius 1 is 1.00 bits per heavy atom. The normalized spacial score (nSPS) is 12.6. The third-order valence-electron chi connectivity index (χ3n) is 4.65. The van der Waals surface area contributed by atoms with Crippen LogP contribution in [0.3, 0.4) is 0 Å². The number of rotatable bonds is 8. The van der Waals surface area contributed by atoms with Crippen LogP contribution in [-0.4, -0.2) is 20.9 Å². The van der Waals surface area contributed by atoms with E-state index in [0.29, 0.717) is 6.42 Å². The zero-order valence-electron chi connectivity index (χ0n) is 16.1. The molecule has 0 radical (unpaired) electrons. The highest BCUT2D eigenvalue weighted by molar-refractivity contribution is 7.89. The zero-order chi connectivity index (χ0) is 20.9. The van der Waals surface area contributed by atoms with Gasteiger partial charge < -0.3 is 5.32 Å². The molecule has 0 aliphatic carbocycles. The predicted octanol–water partition coefficient (Wildman–Crippen LogP) is 3.91. The Balaban J connectivity index is 1.47. The van der Waals surface area contributed by atoms with E-state index in [4.69, 9.17) is 0 Å². The molecule has 0 aliphatic heterocycles. The number of amides is 1. The van der Waals surface area contributed by atoms with E-state index in [-0.39, 0.29) is 29.8 Å². The molecular weight excluding hydrogens is 391 g/mol. The van der Waals surface area contributed by atoms with Gasteiger partial charge in [0.2, 0.25) is 15.9 Å². The van der Waals surface area contributed by atoms with Crippen molar-refractivity contribution in [2.24, 2.45) is 0 Å². The Bertz CT molecular complexity index is 1100. The molecule has 0 aromatic heterocycles. The van der Waals surface area contributed by atoms with Crippen LogP contribution in [0.1, 0.15) is 31.4 Å². The molecule has 2 N–H and O–H groups in total. The van der Waals surface area contributed by atoms with Gasteiger partial charge >= 0.3 is 0 Å². The van der Waals surface area contributed by atoms with Gasteiger partial charge in [-0.25, -0.2) is 17.5 Å². The van der Waals surface area contributed by atoms with Gasteiger partial charge in [-0.2, -0.15) is 0 Å². The Hall–Kier alpha value is -2.77. The molecule has 3 aromatic carbocycles. The minimum absolute atomic E-state index is 0.00622. The first-order valence-electron chi connectivity index (χ1n) is 9.38.